The first-order valence-electron chi connectivity index (χ1n) is 6.32. The molecule has 0 heterocycles. The molecule has 0 amide bonds. The summed E-state index contributed by atoms with van der Waals surface area (Å²) in [7, 11) is 1.66. The van der Waals surface area contributed by atoms with E-state index in [9.17, 15) is 0 Å². The number of hydrogen-bond acceptors (Lipinski definition) is 3. The molecule has 0 aliphatic heterocycles. The molecule has 0 aliphatic rings. The van der Waals surface area contributed by atoms with Crippen molar-refractivity contribution in [1.82, 2.24) is 5.32 Å². The van der Waals surface area contributed by atoms with Gasteiger partial charge < -0.3 is 14.8 Å². The van der Waals surface area contributed by atoms with Gasteiger partial charge in [0.15, 0.2) is 11.5 Å². The number of nitrogens with one attached hydrogen (secondary N) is 1. The second-order valence-corrected chi connectivity index (χ2v) is 4.37. The Hall–Kier alpha value is -1.48. The molecule has 0 radical (unpaired) electrons. The molecule has 3 nitrogen and oxygen atoms in total. The van der Waals surface area contributed by atoms with Crippen molar-refractivity contribution in [3.8, 4) is 11.5 Å². The van der Waals surface area contributed by atoms with E-state index in [1.165, 1.54) is 0 Å². The van der Waals surface area contributed by atoms with Gasteiger partial charge in [-0.1, -0.05) is 25.6 Å². The van der Waals surface area contributed by atoms with Gasteiger partial charge in [-0.25, -0.2) is 0 Å². The Morgan fingerprint density at radius 3 is 2.78 bits per heavy atom. The maximum atomic E-state index is 5.79. The molecule has 0 aliphatic carbocycles. The third kappa shape index (κ3) is 4.41. The molecule has 0 spiro atoms. The topological polar surface area (TPSA) is 30.5 Å². The van der Waals surface area contributed by atoms with Crippen LogP contribution in [0.5, 0.6) is 11.5 Å². The molecule has 3 heteroatoms. The molecule has 0 fully saturated rings. The minimum absolute atomic E-state index is 0.515. The number of para-hydroxylation sites is 1. The molecule has 18 heavy (non-hydrogen) atoms. The summed E-state index contributed by atoms with van der Waals surface area (Å²) >= 11 is 0. The molecule has 1 aromatic carbocycles. The molecule has 0 saturated carbocycles. The quantitative estimate of drug-likeness (QED) is 0.567. The fourth-order valence-corrected chi connectivity index (χ4v) is 1.62. The third-order valence-corrected chi connectivity index (χ3v) is 2.49. The molecule has 1 rings (SSSR count). The summed E-state index contributed by atoms with van der Waals surface area (Å²) in [6, 6.07) is 5.95. The lowest BCUT2D eigenvalue weighted by molar-refractivity contribution is 0.315. The maximum Gasteiger partial charge on any atom is 0.166 e. The summed E-state index contributed by atoms with van der Waals surface area (Å²) in [6.45, 7) is 10.2. The van der Waals surface area contributed by atoms with E-state index < -0.39 is 0 Å². The van der Waals surface area contributed by atoms with Crippen LogP contribution < -0.4 is 14.8 Å². The normalized spacial score (nSPS) is 10.2. The SMILES string of the molecule is C=C(C)COc1c(CNCCC)cccc1OC. The summed E-state index contributed by atoms with van der Waals surface area (Å²) in [5, 5.41) is 3.37. The summed E-state index contributed by atoms with van der Waals surface area (Å²) in [4.78, 5) is 0. The zero-order valence-electron chi connectivity index (χ0n) is 11.6. The highest BCUT2D eigenvalue weighted by molar-refractivity contribution is 5.46. The van der Waals surface area contributed by atoms with Crippen LogP contribution in [0.3, 0.4) is 0 Å². The highest BCUT2D eigenvalue weighted by Crippen LogP contribution is 2.31. The van der Waals surface area contributed by atoms with E-state index in [1.807, 2.05) is 19.1 Å². The molecule has 1 aromatic rings. The average molecular weight is 249 g/mol. The van der Waals surface area contributed by atoms with Crippen molar-refractivity contribution in [1.29, 1.82) is 0 Å². The van der Waals surface area contributed by atoms with Crippen molar-refractivity contribution < 1.29 is 9.47 Å². The summed E-state index contributed by atoms with van der Waals surface area (Å²) < 4.78 is 11.1. The van der Waals surface area contributed by atoms with Crippen molar-refractivity contribution in [3.05, 3.63) is 35.9 Å². The molecule has 0 bridgehead atoms. The van der Waals surface area contributed by atoms with E-state index in [-0.39, 0.29) is 0 Å². The van der Waals surface area contributed by atoms with Crippen LogP contribution in [-0.4, -0.2) is 20.3 Å². The Labute approximate surface area is 110 Å². The Morgan fingerprint density at radius 2 is 2.17 bits per heavy atom. The lowest BCUT2D eigenvalue weighted by atomic mass is 10.2. The fraction of sp³-hybridized carbons (Fsp3) is 0.467. The molecule has 0 atom stereocenters. The monoisotopic (exact) mass is 249 g/mol. The first-order valence-corrected chi connectivity index (χ1v) is 6.32. The van der Waals surface area contributed by atoms with Crippen LogP contribution in [0.4, 0.5) is 0 Å². The van der Waals surface area contributed by atoms with Gasteiger partial charge in [0.1, 0.15) is 6.61 Å². The molecule has 0 aromatic heterocycles. The summed E-state index contributed by atoms with van der Waals surface area (Å²) in [5.41, 5.74) is 2.11. The maximum absolute atomic E-state index is 5.79. The van der Waals surface area contributed by atoms with Gasteiger partial charge in [-0.3, -0.25) is 0 Å². The van der Waals surface area contributed by atoms with Gasteiger partial charge in [0.25, 0.3) is 0 Å². The highest BCUT2D eigenvalue weighted by atomic mass is 16.5. The Bertz CT molecular complexity index is 388. The first kappa shape index (κ1) is 14.6. The van der Waals surface area contributed by atoms with Gasteiger partial charge in [0.05, 0.1) is 7.11 Å². The van der Waals surface area contributed by atoms with Gasteiger partial charge in [-0.05, 0) is 31.5 Å². The smallest absolute Gasteiger partial charge is 0.166 e. The Morgan fingerprint density at radius 1 is 1.39 bits per heavy atom. The van der Waals surface area contributed by atoms with Crippen molar-refractivity contribution in [2.75, 3.05) is 20.3 Å². The summed E-state index contributed by atoms with van der Waals surface area (Å²) in [5.74, 6) is 1.58. The predicted molar refractivity (Wildman–Crippen MR) is 75.3 cm³/mol. The zero-order valence-corrected chi connectivity index (χ0v) is 11.6. The van der Waals surface area contributed by atoms with Gasteiger partial charge in [-0.2, -0.15) is 0 Å². The van der Waals surface area contributed by atoms with Crippen LogP contribution in [0.25, 0.3) is 0 Å². The van der Waals surface area contributed by atoms with Crippen LogP contribution in [0.1, 0.15) is 25.8 Å². The van der Waals surface area contributed by atoms with Crippen LogP contribution >= 0.6 is 0 Å². The van der Waals surface area contributed by atoms with Crippen LogP contribution in [-0.2, 0) is 6.54 Å². The van der Waals surface area contributed by atoms with E-state index in [0.29, 0.717) is 6.61 Å². The third-order valence-electron chi connectivity index (χ3n) is 2.49. The first-order chi connectivity index (χ1) is 8.69. The number of hydrogen-bond donors (Lipinski definition) is 1. The van der Waals surface area contributed by atoms with Crippen LogP contribution in [0.15, 0.2) is 30.4 Å². The van der Waals surface area contributed by atoms with Crippen LogP contribution in [0, 0.1) is 0 Å². The molecule has 1 N–H and O–H groups in total. The van der Waals surface area contributed by atoms with Gasteiger partial charge in [0.2, 0.25) is 0 Å². The largest absolute Gasteiger partial charge is 0.493 e. The molecule has 0 unspecified atom stereocenters. The number of benzene rings is 1. The standard InChI is InChI=1S/C15H23NO2/c1-5-9-16-10-13-7-6-8-14(17-4)15(13)18-11-12(2)3/h6-8,16H,2,5,9-11H2,1,3-4H3. The van der Waals surface area contributed by atoms with E-state index in [4.69, 9.17) is 9.47 Å². The average Bonchev–Trinajstić information content (AvgIpc) is 2.37. The van der Waals surface area contributed by atoms with Crippen molar-refractivity contribution in [2.45, 2.75) is 26.8 Å². The van der Waals surface area contributed by atoms with E-state index in [1.54, 1.807) is 7.11 Å². The highest BCUT2D eigenvalue weighted by Gasteiger charge is 2.10. The van der Waals surface area contributed by atoms with Gasteiger partial charge >= 0.3 is 0 Å². The zero-order chi connectivity index (χ0) is 13.4. The molecular weight excluding hydrogens is 226 g/mol. The number of ether oxygens (including phenoxy) is 2. The van der Waals surface area contributed by atoms with Crippen LogP contribution in [0.2, 0.25) is 0 Å². The van der Waals surface area contributed by atoms with Gasteiger partial charge in [-0.15, -0.1) is 0 Å². The second kappa shape index (κ2) is 7.77. The Balaban J connectivity index is 2.82. The Kier molecular flexibility index (Phi) is 6.29. The lowest BCUT2D eigenvalue weighted by Crippen LogP contribution is -2.15. The van der Waals surface area contributed by atoms with Crippen molar-refractivity contribution in [3.63, 3.8) is 0 Å². The van der Waals surface area contributed by atoms with E-state index in [2.05, 4.69) is 24.9 Å². The van der Waals surface area contributed by atoms with E-state index in [0.717, 1.165) is 42.1 Å². The summed E-state index contributed by atoms with van der Waals surface area (Å²) in [6.07, 6.45) is 1.12. The van der Waals surface area contributed by atoms with Crippen molar-refractivity contribution >= 4 is 0 Å². The van der Waals surface area contributed by atoms with E-state index >= 15 is 0 Å². The molecule has 100 valence electrons. The predicted octanol–water partition coefficient (Wildman–Crippen LogP) is 3.15. The molecular formula is C15H23NO2. The van der Waals surface area contributed by atoms with Crippen molar-refractivity contribution in [2.24, 2.45) is 0 Å². The van der Waals surface area contributed by atoms with Gasteiger partial charge in [0, 0.05) is 12.1 Å². The minimum Gasteiger partial charge on any atom is -0.493 e. The fourth-order valence-electron chi connectivity index (χ4n) is 1.62. The minimum atomic E-state index is 0.515. The number of methoxy groups -OCH3 is 1. The molecule has 0 saturated heterocycles. The second-order valence-electron chi connectivity index (χ2n) is 4.37. The lowest BCUT2D eigenvalue weighted by Gasteiger charge is -2.15. The number of rotatable bonds is 8.